The maximum atomic E-state index is 12.9. The summed E-state index contributed by atoms with van der Waals surface area (Å²) < 4.78 is 28.3. The minimum absolute atomic E-state index is 0.158. The molecule has 0 spiro atoms. The second kappa shape index (κ2) is 6.68. The molecule has 6 heteroatoms. The van der Waals surface area contributed by atoms with Crippen LogP contribution in [0.1, 0.15) is 17.2 Å². The van der Waals surface area contributed by atoms with Crippen molar-refractivity contribution in [2.75, 3.05) is 6.61 Å². The van der Waals surface area contributed by atoms with Gasteiger partial charge in [0, 0.05) is 11.6 Å². The van der Waals surface area contributed by atoms with E-state index in [2.05, 4.69) is 9.71 Å². The zero-order chi connectivity index (χ0) is 17.2. The van der Waals surface area contributed by atoms with Crippen LogP contribution in [0, 0.1) is 6.92 Å². The van der Waals surface area contributed by atoms with Crippen molar-refractivity contribution in [3.8, 4) is 0 Å². The number of pyridine rings is 1. The van der Waals surface area contributed by atoms with Gasteiger partial charge in [-0.1, -0.05) is 36.4 Å². The maximum Gasteiger partial charge on any atom is 0.241 e. The van der Waals surface area contributed by atoms with Crippen molar-refractivity contribution in [1.29, 1.82) is 0 Å². The first-order chi connectivity index (χ1) is 11.5. The topological polar surface area (TPSA) is 79.3 Å². The van der Waals surface area contributed by atoms with E-state index < -0.39 is 16.1 Å². The summed E-state index contributed by atoms with van der Waals surface area (Å²) in [6.07, 6.45) is 1.64. The van der Waals surface area contributed by atoms with Crippen LogP contribution >= 0.6 is 0 Å². The molecule has 0 bridgehead atoms. The summed E-state index contributed by atoms with van der Waals surface area (Å²) in [6, 6.07) is 15.0. The van der Waals surface area contributed by atoms with Gasteiger partial charge in [-0.3, -0.25) is 4.98 Å². The number of rotatable bonds is 5. The highest BCUT2D eigenvalue weighted by Crippen LogP contribution is 2.25. The zero-order valence-corrected chi connectivity index (χ0v) is 14.0. The van der Waals surface area contributed by atoms with Crippen LogP contribution in [0.2, 0.25) is 0 Å². The number of aliphatic hydroxyl groups excluding tert-OH is 1. The van der Waals surface area contributed by atoms with Crippen molar-refractivity contribution >= 4 is 20.9 Å². The van der Waals surface area contributed by atoms with Gasteiger partial charge in [0.1, 0.15) is 0 Å². The van der Waals surface area contributed by atoms with Gasteiger partial charge in [0.25, 0.3) is 0 Å². The fourth-order valence-electron chi connectivity index (χ4n) is 2.67. The number of sulfonamides is 1. The highest BCUT2D eigenvalue weighted by Gasteiger charge is 2.23. The maximum absolute atomic E-state index is 12.9. The Labute approximate surface area is 141 Å². The van der Waals surface area contributed by atoms with Gasteiger partial charge in [-0.2, -0.15) is 0 Å². The second-order valence-corrected chi connectivity index (χ2v) is 7.23. The first-order valence-corrected chi connectivity index (χ1v) is 9.04. The van der Waals surface area contributed by atoms with Crippen molar-refractivity contribution in [1.82, 2.24) is 9.71 Å². The average Bonchev–Trinajstić information content (AvgIpc) is 2.61. The van der Waals surface area contributed by atoms with Crippen LogP contribution in [0.4, 0.5) is 0 Å². The van der Waals surface area contributed by atoms with Crippen molar-refractivity contribution in [3.05, 3.63) is 71.9 Å². The molecule has 1 atom stereocenters. The van der Waals surface area contributed by atoms with Crippen molar-refractivity contribution < 1.29 is 13.5 Å². The Kier molecular flexibility index (Phi) is 4.62. The molecule has 0 aliphatic rings. The number of aromatic nitrogens is 1. The van der Waals surface area contributed by atoms with Gasteiger partial charge in [0.2, 0.25) is 10.0 Å². The molecule has 0 saturated carbocycles. The SMILES string of the molecule is Cc1ccc(S(=O)(=O)NC(CO)c2ccccc2)c2cccnc12. The fourth-order valence-corrected chi connectivity index (χ4v) is 4.08. The third-order valence-corrected chi connectivity index (χ3v) is 5.43. The predicted molar refractivity (Wildman–Crippen MR) is 93.1 cm³/mol. The van der Waals surface area contributed by atoms with E-state index in [1.165, 1.54) is 0 Å². The summed E-state index contributed by atoms with van der Waals surface area (Å²) >= 11 is 0. The summed E-state index contributed by atoms with van der Waals surface area (Å²) in [6.45, 7) is 1.56. The predicted octanol–water partition coefficient (Wildman–Crippen LogP) is 2.56. The molecule has 24 heavy (non-hydrogen) atoms. The zero-order valence-electron chi connectivity index (χ0n) is 13.2. The normalized spacial score (nSPS) is 13.1. The van der Waals surface area contributed by atoms with Gasteiger partial charge in [-0.15, -0.1) is 0 Å². The van der Waals surface area contributed by atoms with Crippen LogP contribution in [0.5, 0.6) is 0 Å². The third kappa shape index (κ3) is 3.17. The molecular formula is C18H18N2O3S. The van der Waals surface area contributed by atoms with E-state index in [9.17, 15) is 13.5 Å². The van der Waals surface area contributed by atoms with E-state index in [1.54, 1.807) is 54.7 Å². The largest absolute Gasteiger partial charge is 0.394 e. The van der Waals surface area contributed by atoms with E-state index in [0.29, 0.717) is 16.5 Å². The lowest BCUT2D eigenvalue weighted by Crippen LogP contribution is -2.31. The van der Waals surface area contributed by atoms with Crippen LogP contribution < -0.4 is 4.72 Å². The number of nitrogens with zero attached hydrogens (tertiary/aromatic N) is 1. The molecule has 3 aromatic rings. The molecule has 0 fully saturated rings. The Morgan fingerprint density at radius 3 is 2.54 bits per heavy atom. The van der Waals surface area contributed by atoms with Crippen LogP contribution in [0.15, 0.2) is 65.7 Å². The van der Waals surface area contributed by atoms with E-state index in [1.807, 2.05) is 13.0 Å². The molecular weight excluding hydrogens is 324 g/mol. The van der Waals surface area contributed by atoms with Gasteiger partial charge in [-0.25, -0.2) is 13.1 Å². The highest BCUT2D eigenvalue weighted by molar-refractivity contribution is 7.89. The third-order valence-electron chi connectivity index (χ3n) is 3.90. The summed E-state index contributed by atoms with van der Waals surface area (Å²) in [5.41, 5.74) is 2.27. The van der Waals surface area contributed by atoms with E-state index in [0.717, 1.165) is 5.56 Å². The number of benzene rings is 2. The van der Waals surface area contributed by atoms with Gasteiger partial charge < -0.3 is 5.11 Å². The van der Waals surface area contributed by atoms with Gasteiger partial charge in [-0.05, 0) is 36.2 Å². The fraction of sp³-hybridized carbons (Fsp3) is 0.167. The van der Waals surface area contributed by atoms with Crippen molar-refractivity contribution in [2.24, 2.45) is 0 Å². The number of aliphatic hydroxyl groups is 1. The van der Waals surface area contributed by atoms with Crippen LogP contribution in [0.25, 0.3) is 10.9 Å². The Morgan fingerprint density at radius 2 is 1.83 bits per heavy atom. The summed E-state index contributed by atoms with van der Waals surface area (Å²) in [4.78, 5) is 4.43. The highest BCUT2D eigenvalue weighted by atomic mass is 32.2. The molecule has 0 amide bonds. The molecule has 5 nitrogen and oxygen atoms in total. The minimum atomic E-state index is -3.81. The summed E-state index contributed by atoms with van der Waals surface area (Å²) in [5.74, 6) is 0. The summed E-state index contributed by atoms with van der Waals surface area (Å²) in [7, 11) is -3.81. The molecule has 0 radical (unpaired) electrons. The smallest absolute Gasteiger partial charge is 0.241 e. The first-order valence-electron chi connectivity index (χ1n) is 7.55. The molecule has 124 valence electrons. The van der Waals surface area contributed by atoms with Crippen LogP contribution in [-0.4, -0.2) is 25.1 Å². The monoisotopic (exact) mass is 342 g/mol. The number of hydrogen-bond donors (Lipinski definition) is 2. The van der Waals surface area contributed by atoms with Gasteiger partial charge >= 0.3 is 0 Å². The molecule has 0 aliphatic heterocycles. The van der Waals surface area contributed by atoms with E-state index in [-0.39, 0.29) is 11.5 Å². The molecule has 2 N–H and O–H groups in total. The van der Waals surface area contributed by atoms with Gasteiger partial charge in [0.15, 0.2) is 0 Å². The molecule has 0 saturated heterocycles. The number of hydrogen-bond acceptors (Lipinski definition) is 4. The molecule has 1 aromatic heterocycles. The summed E-state index contributed by atoms with van der Waals surface area (Å²) in [5, 5.41) is 10.2. The lowest BCUT2D eigenvalue weighted by atomic mass is 10.1. The number of aryl methyl sites for hydroxylation is 1. The molecule has 3 rings (SSSR count). The lowest BCUT2D eigenvalue weighted by molar-refractivity contribution is 0.259. The first kappa shape index (κ1) is 16.6. The molecule has 0 aliphatic carbocycles. The van der Waals surface area contributed by atoms with E-state index >= 15 is 0 Å². The molecule has 1 unspecified atom stereocenters. The average molecular weight is 342 g/mol. The number of fused-ring (bicyclic) bond motifs is 1. The van der Waals surface area contributed by atoms with Gasteiger partial charge in [0.05, 0.1) is 23.1 Å². The number of nitrogens with one attached hydrogen (secondary N) is 1. The second-order valence-electron chi connectivity index (χ2n) is 5.55. The van der Waals surface area contributed by atoms with Crippen molar-refractivity contribution in [3.63, 3.8) is 0 Å². The Morgan fingerprint density at radius 1 is 1.08 bits per heavy atom. The minimum Gasteiger partial charge on any atom is -0.394 e. The van der Waals surface area contributed by atoms with E-state index in [4.69, 9.17) is 0 Å². The molecule has 2 aromatic carbocycles. The Hall–Kier alpha value is -2.28. The van der Waals surface area contributed by atoms with Crippen LogP contribution in [-0.2, 0) is 10.0 Å². The van der Waals surface area contributed by atoms with Crippen molar-refractivity contribution in [2.45, 2.75) is 17.9 Å². The molecule has 1 heterocycles. The Bertz CT molecular complexity index is 956. The Balaban J connectivity index is 2.04. The van der Waals surface area contributed by atoms with Crippen LogP contribution in [0.3, 0.4) is 0 Å². The quantitative estimate of drug-likeness (QED) is 0.747. The standard InChI is InChI=1S/C18H18N2O3S/c1-13-9-10-17(15-8-5-11-19-18(13)15)24(22,23)20-16(12-21)14-6-3-2-4-7-14/h2-11,16,20-21H,12H2,1H3. The lowest BCUT2D eigenvalue weighted by Gasteiger charge is -2.18.